The van der Waals surface area contributed by atoms with E-state index >= 15 is 0 Å². The average Bonchev–Trinajstić information content (AvgIpc) is 2.88. The Labute approximate surface area is 166 Å². The first-order chi connectivity index (χ1) is 13.2. The van der Waals surface area contributed by atoms with E-state index in [4.69, 9.17) is 0 Å². The Bertz CT molecular complexity index is 1060. The zero-order valence-electron chi connectivity index (χ0n) is 16.8. The maximum atomic E-state index is 13.7. The van der Waals surface area contributed by atoms with Crippen molar-refractivity contribution in [1.29, 1.82) is 0 Å². The van der Waals surface area contributed by atoms with Gasteiger partial charge in [-0.05, 0) is 77.6 Å². The van der Waals surface area contributed by atoms with E-state index in [0.717, 1.165) is 33.4 Å². The van der Waals surface area contributed by atoms with Crippen molar-refractivity contribution < 1.29 is 17.6 Å². The summed E-state index contributed by atoms with van der Waals surface area (Å²) in [7, 11) is -3.24. The predicted molar refractivity (Wildman–Crippen MR) is 113 cm³/mol. The molecule has 0 saturated heterocycles. The van der Waals surface area contributed by atoms with Crippen LogP contribution in [0.3, 0.4) is 0 Å². The second-order valence-electron chi connectivity index (χ2n) is 6.57. The fourth-order valence-electron chi connectivity index (χ4n) is 3.21. The third-order valence-electron chi connectivity index (χ3n) is 4.50. The van der Waals surface area contributed by atoms with Crippen molar-refractivity contribution >= 4 is 32.8 Å². The molecular weight excluding hydrogens is 375 g/mol. The minimum Gasteiger partial charge on any atom is -0.300 e. The maximum absolute atomic E-state index is 13.7. The van der Waals surface area contributed by atoms with Gasteiger partial charge >= 0.3 is 0 Å². The summed E-state index contributed by atoms with van der Waals surface area (Å²) in [4.78, 5) is 11.9. The first-order valence-electron chi connectivity index (χ1n) is 9.18. The van der Waals surface area contributed by atoms with Gasteiger partial charge < -0.3 is 0 Å². The van der Waals surface area contributed by atoms with E-state index < -0.39 is 9.84 Å². The van der Waals surface area contributed by atoms with Gasteiger partial charge in [0, 0.05) is 12.7 Å². The fourth-order valence-corrected chi connectivity index (χ4v) is 3.84. The summed E-state index contributed by atoms with van der Waals surface area (Å²) in [6.45, 7) is 7.44. The molecule has 0 atom stereocenters. The number of sulfone groups is 1. The summed E-state index contributed by atoms with van der Waals surface area (Å²) in [5, 5.41) is 0. The molecule has 3 nitrogen and oxygen atoms in total. The normalized spacial score (nSPS) is 14.6. The monoisotopic (exact) mass is 400 g/mol. The molecule has 0 unspecified atom stereocenters. The Kier molecular flexibility index (Phi) is 6.73. The molecule has 28 heavy (non-hydrogen) atoms. The molecule has 2 aromatic rings. The van der Waals surface area contributed by atoms with Gasteiger partial charge in [-0.2, -0.15) is 0 Å². The molecule has 0 aliphatic heterocycles. The number of fused-ring (bicyclic) bond motifs is 1. The van der Waals surface area contributed by atoms with Crippen LogP contribution in [0.4, 0.5) is 4.39 Å². The number of hydrogen-bond donors (Lipinski definition) is 0. The quantitative estimate of drug-likeness (QED) is 0.675. The van der Waals surface area contributed by atoms with Crippen LogP contribution in [0.15, 0.2) is 52.9 Å². The van der Waals surface area contributed by atoms with Gasteiger partial charge in [0.2, 0.25) is 0 Å². The van der Waals surface area contributed by atoms with Crippen LogP contribution in [-0.4, -0.2) is 20.5 Å². The summed E-state index contributed by atoms with van der Waals surface area (Å²) in [5.41, 5.74) is 5.16. The van der Waals surface area contributed by atoms with Crippen molar-refractivity contribution in [3.8, 4) is 0 Å². The number of ketones is 1. The molecule has 0 amide bonds. The van der Waals surface area contributed by atoms with Gasteiger partial charge in [0.05, 0.1) is 4.90 Å². The van der Waals surface area contributed by atoms with Crippen molar-refractivity contribution in [3.63, 3.8) is 0 Å². The summed E-state index contributed by atoms with van der Waals surface area (Å²) < 4.78 is 36.9. The summed E-state index contributed by atoms with van der Waals surface area (Å²) in [5.74, 6) is -0.315. The molecule has 0 heterocycles. The number of carbonyl (C=O) groups excluding carboxylic acids is 1. The molecule has 148 valence electrons. The number of halogens is 1. The third kappa shape index (κ3) is 4.65. The average molecular weight is 401 g/mol. The van der Waals surface area contributed by atoms with Crippen LogP contribution in [0.5, 0.6) is 0 Å². The second kappa shape index (κ2) is 8.65. The van der Waals surface area contributed by atoms with Crippen LogP contribution in [0, 0.1) is 5.82 Å². The lowest BCUT2D eigenvalue weighted by atomic mass is 10.0. The van der Waals surface area contributed by atoms with Gasteiger partial charge in [0.1, 0.15) is 11.6 Å². The molecule has 1 aliphatic carbocycles. The van der Waals surface area contributed by atoms with Gasteiger partial charge in [-0.25, -0.2) is 12.8 Å². The number of hydrogen-bond acceptors (Lipinski definition) is 3. The smallest absolute Gasteiger partial charge is 0.175 e. The molecule has 0 aromatic heterocycles. The highest BCUT2D eigenvalue weighted by molar-refractivity contribution is 7.90. The highest BCUT2D eigenvalue weighted by atomic mass is 32.2. The van der Waals surface area contributed by atoms with Crippen molar-refractivity contribution in [2.75, 3.05) is 6.26 Å². The summed E-state index contributed by atoms with van der Waals surface area (Å²) in [6, 6.07) is 11.2. The highest BCUT2D eigenvalue weighted by Gasteiger charge is 2.24. The lowest BCUT2D eigenvalue weighted by Crippen LogP contribution is -1.96. The van der Waals surface area contributed by atoms with Crippen molar-refractivity contribution in [3.05, 3.63) is 70.5 Å². The summed E-state index contributed by atoms with van der Waals surface area (Å²) in [6.07, 6.45) is 3.36. The lowest BCUT2D eigenvalue weighted by molar-refractivity contribution is -0.116. The molecule has 0 spiro atoms. The van der Waals surface area contributed by atoms with Gasteiger partial charge in [0.25, 0.3) is 0 Å². The van der Waals surface area contributed by atoms with Crippen LogP contribution in [0.1, 0.15) is 50.8 Å². The number of benzene rings is 2. The molecule has 5 heteroatoms. The van der Waals surface area contributed by atoms with E-state index in [2.05, 4.69) is 0 Å². The molecule has 3 rings (SSSR count). The fraction of sp³-hybridized carbons (Fsp3) is 0.261. The van der Waals surface area contributed by atoms with Crippen LogP contribution >= 0.6 is 0 Å². The molecule has 0 bridgehead atoms. The number of Topliss-reactive ketones (excluding diaryl/α,β-unsaturated/α-hetero) is 1. The maximum Gasteiger partial charge on any atom is 0.175 e. The number of allylic oxidation sites excluding steroid dienone is 3. The second-order valence-corrected chi connectivity index (χ2v) is 8.59. The molecule has 0 saturated carbocycles. The number of rotatable bonds is 4. The van der Waals surface area contributed by atoms with Gasteiger partial charge in [0.15, 0.2) is 9.84 Å². The molecule has 0 N–H and O–H groups in total. The van der Waals surface area contributed by atoms with Crippen LogP contribution in [0.25, 0.3) is 17.2 Å². The van der Waals surface area contributed by atoms with Crippen LogP contribution in [0.2, 0.25) is 0 Å². The molecule has 0 fully saturated rings. The van der Waals surface area contributed by atoms with E-state index in [0.29, 0.717) is 0 Å². The topological polar surface area (TPSA) is 51.2 Å². The molecule has 0 radical (unpaired) electrons. The minimum atomic E-state index is -3.24. The van der Waals surface area contributed by atoms with Crippen LogP contribution in [-0.2, 0) is 14.6 Å². The van der Waals surface area contributed by atoms with E-state index in [1.807, 2.05) is 26.8 Å². The molecule has 2 aromatic carbocycles. The van der Waals surface area contributed by atoms with Gasteiger partial charge in [-0.1, -0.05) is 32.0 Å². The van der Waals surface area contributed by atoms with E-state index in [-0.39, 0.29) is 22.9 Å². The Morgan fingerprint density at radius 2 is 1.64 bits per heavy atom. The third-order valence-corrected chi connectivity index (χ3v) is 5.63. The lowest BCUT2D eigenvalue weighted by Gasteiger charge is -2.05. The first-order valence-corrected chi connectivity index (χ1v) is 11.1. The van der Waals surface area contributed by atoms with E-state index in [1.54, 1.807) is 30.3 Å². The van der Waals surface area contributed by atoms with Gasteiger partial charge in [-0.15, -0.1) is 0 Å². The summed E-state index contributed by atoms with van der Waals surface area (Å²) >= 11 is 0. The minimum absolute atomic E-state index is 0.0216. The van der Waals surface area contributed by atoms with Crippen LogP contribution < -0.4 is 0 Å². The molecule has 1 aliphatic rings. The zero-order chi connectivity index (χ0) is 21.1. The Hall–Kier alpha value is -2.53. The van der Waals surface area contributed by atoms with E-state index in [9.17, 15) is 17.6 Å². The SMILES string of the molecule is CC.CC(=O)CC1=C(C)/C(=C/c2ccc(S(C)(=O)=O)cc2)c2ccc(F)cc21. The van der Waals surface area contributed by atoms with Crippen molar-refractivity contribution in [2.45, 2.75) is 39.0 Å². The Morgan fingerprint density at radius 3 is 2.18 bits per heavy atom. The number of carbonyl (C=O) groups is 1. The Balaban J connectivity index is 0.00000136. The predicted octanol–water partition coefficient (Wildman–Crippen LogP) is 5.56. The highest BCUT2D eigenvalue weighted by Crippen LogP contribution is 2.43. The van der Waals surface area contributed by atoms with Crippen molar-refractivity contribution in [2.24, 2.45) is 0 Å². The zero-order valence-corrected chi connectivity index (χ0v) is 17.7. The first kappa shape index (κ1) is 21.8. The van der Waals surface area contributed by atoms with Gasteiger partial charge in [-0.3, -0.25) is 4.79 Å². The largest absolute Gasteiger partial charge is 0.300 e. The van der Waals surface area contributed by atoms with E-state index in [1.165, 1.54) is 25.3 Å². The Morgan fingerprint density at radius 1 is 1.04 bits per heavy atom. The standard InChI is InChI=1S/C21H19FO3S.C2H6/c1-13(23)10-19-14(2)20(18-9-6-16(22)12-21(18)19)11-15-4-7-17(8-5-15)26(3,24)25;1-2/h4-9,11-12H,10H2,1-3H3;1-2H3/b20-11-;. The van der Waals surface area contributed by atoms with Crippen molar-refractivity contribution in [1.82, 2.24) is 0 Å². The molecular formula is C23H25FO3S.